The molecule has 1 aliphatic heterocycles. The average Bonchev–Trinajstić information content (AvgIpc) is 2.34. The molecule has 16 heavy (non-hydrogen) atoms. The predicted octanol–water partition coefficient (Wildman–Crippen LogP) is 2.07. The summed E-state index contributed by atoms with van der Waals surface area (Å²) in [4.78, 5) is 0. The van der Waals surface area contributed by atoms with Crippen LogP contribution in [0.3, 0.4) is 0 Å². The number of hydrogen-bond donors (Lipinski definition) is 1. The van der Waals surface area contributed by atoms with Gasteiger partial charge in [0.15, 0.2) is 0 Å². The molecule has 1 aliphatic rings. The number of rotatable bonds is 7. The number of ether oxygens (including phenoxy) is 2. The largest absolute Gasteiger partial charge is 0.385 e. The average molecular weight is 229 g/mol. The van der Waals surface area contributed by atoms with Crippen LogP contribution < -0.4 is 5.32 Å². The summed E-state index contributed by atoms with van der Waals surface area (Å²) in [6.45, 7) is 9.42. The molecule has 3 nitrogen and oxygen atoms in total. The Morgan fingerprint density at radius 3 is 2.62 bits per heavy atom. The molecule has 0 spiro atoms. The molecule has 0 radical (unpaired) electrons. The quantitative estimate of drug-likeness (QED) is 0.725. The summed E-state index contributed by atoms with van der Waals surface area (Å²) >= 11 is 0. The molecule has 1 N–H and O–H groups in total. The Kier molecular flexibility index (Phi) is 6.32. The van der Waals surface area contributed by atoms with Gasteiger partial charge in [-0.1, -0.05) is 13.8 Å². The Morgan fingerprint density at radius 1 is 1.38 bits per heavy atom. The summed E-state index contributed by atoms with van der Waals surface area (Å²) in [6, 6.07) is 0. The molecule has 1 atom stereocenters. The van der Waals surface area contributed by atoms with Gasteiger partial charge in [0.05, 0.1) is 0 Å². The van der Waals surface area contributed by atoms with Crippen LogP contribution in [0.2, 0.25) is 0 Å². The molecular formula is C13H27NO2. The Hall–Kier alpha value is -0.120. The molecule has 0 bridgehead atoms. The summed E-state index contributed by atoms with van der Waals surface area (Å²) in [5.74, 6) is 0.704. The van der Waals surface area contributed by atoms with E-state index in [4.69, 9.17) is 9.47 Å². The van der Waals surface area contributed by atoms with Crippen molar-refractivity contribution < 1.29 is 9.47 Å². The van der Waals surface area contributed by atoms with Gasteiger partial charge in [-0.05, 0) is 37.1 Å². The molecule has 1 fully saturated rings. The third-order valence-electron chi connectivity index (χ3n) is 4.02. The van der Waals surface area contributed by atoms with Gasteiger partial charge in [0.1, 0.15) is 0 Å². The normalized spacial score (nSPS) is 21.9. The van der Waals surface area contributed by atoms with E-state index in [1.54, 1.807) is 7.11 Å². The van der Waals surface area contributed by atoms with Crippen LogP contribution in [0.5, 0.6) is 0 Å². The van der Waals surface area contributed by atoms with Crippen molar-refractivity contribution in [2.45, 2.75) is 33.1 Å². The van der Waals surface area contributed by atoms with E-state index < -0.39 is 0 Å². The van der Waals surface area contributed by atoms with Crippen LogP contribution in [0.4, 0.5) is 0 Å². The standard InChI is InChI=1S/C13H27NO2/c1-4-14-11-13(6-9-16-10-7-13)12(2)5-8-15-3/h12,14H,4-11H2,1-3H3. The van der Waals surface area contributed by atoms with Crippen LogP contribution in [0, 0.1) is 11.3 Å². The smallest absolute Gasteiger partial charge is 0.0471 e. The second-order valence-corrected chi connectivity index (χ2v) is 4.94. The first-order chi connectivity index (χ1) is 7.75. The lowest BCUT2D eigenvalue weighted by Crippen LogP contribution is -2.44. The van der Waals surface area contributed by atoms with Crippen LogP contribution in [-0.2, 0) is 9.47 Å². The van der Waals surface area contributed by atoms with Crippen molar-refractivity contribution in [3.8, 4) is 0 Å². The van der Waals surface area contributed by atoms with Gasteiger partial charge in [-0.25, -0.2) is 0 Å². The van der Waals surface area contributed by atoms with E-state index in [0.717, 1.165) is 39.3 Å². The first kappa shape index (κ1) is 13.9. The Bertz CT molecular complexity index is 179. The fourth-order valence-corrected chi connectivity index (χ4v) is 2.60. The van der Waals surface area contributed by atoms with E-state index in [2.05, 4.69) is 19.2 Å². The van der Waals surface area contributed by atoms with Gasteiger partial charge < -0.3 is 14.8 Å². The Morgan fingerprint density at radius 2 is 2.06 bits per heavy atom. The third-order valence-corrected chi connectivity index (χ3v) is 4.02. The lowest BCUT2D eigenvalue weighted by atomic mass is 9.69. The summed E-state index contributed by atoms with van der Waals surface area (Å²) in [6.07, 6.45) is 3.53. The van der Waals surface area contributed by atoms with Crippen molar-refractivity contribution in [3.05, 3.63) is 0 Å². The number of hydrogen-bond acceptors (Lipinski definition) is 3. The zero-order valence-corrected chi connectivity index (χ0v) is 11.1. The molecule has 0 aromatic carbocycles. The van der Waals surface area contributed by atoms with Crippen molar-refractivity contribution in [2.75, 3.05) is 40.0 Å². The summed E-state index contributed by atoms with van der Waals surface area (Å²) in [5, 5.41) is 3.52. The Labute approximate surface area is 99.9 Å². The van der Waals surface area contributed by atoms with E-state index >= 15 is 0 Å². The molecule has 0 saturated carbocycles. The van der Waals surface area contributed by atoms with Crippen molar-refractivity contribution in [3.63, 3.8) is 0 Å². The topological polar surface area (TPSA) is 30.5 Å². The lowest BCUT2D eigenvalue weighted by Gasteiger charge is -2.42. The molecule has 1 unspecified atom stereocenters. The van der Waals surface area contributed by atoms with Gasteiger partial charge in [-0.2, -0.15) is 0 Å². The molecule has 1 heterocycles. The first-order valence-electron chi connectivity index (χ1n) is 6.52. The van der Waals surface area contributed by atoms with Crippen LogP contribution >= 0.6 is 0 Å². The second-order valence-electron chi connectivity index (χ2n) is 4.94. The van der Waals surface area contributed by atoms with Crippen LogP contribution in [0.15, 0.2) is 0 Å². The molecule has 96 valence electrons. The van der Waals surface area contributed by atoms with Gasteiger partial charge in [-0.3, -0.25) is 0 Å². The summed E-state index contributed by atoms with van der Waals surface area (Å²) in [7, 11) is 1.79. The zero-order chi connectivity index (χ0) is 11.9. The lowest BCUT2D eigenvalue weighted by molar-refractivity contribution is -0.0206. The third kappa shape index (κ3) is 3.72. The van der Waals surface area contributed by atoms with Crippen molar-refractivity contribution in [1.82, 2.24) is 5.32 Å². The van der Waals surface area contributed by atoms with E-state index in [-0.39, 0.29) is 0 Å². The molecule has 1 saturated heterocycles. The molecule has 0 aromatic rings. The van der Waals surface area contributed by atoms with E-state index in [1.165, 1.54) is 12.8 Å². The molecule has 0 aliphatic carbocycles. The minimum absolute atomic E-state index is 0.423. The fourth-order valence-electron chi connectivity index (χ4n) is 2.60. The predicted molar refractivity (Wildman–Crippen MR) is 66.7 cm³/mol. The minimum atomic E-state index is 0.423. The van der Waals surface area contributed by atoms with Crippen molar-refractivity contribution >= 4 is 0 Å². The highest BCUT2D eigenvalue weighted by Crippen LogP contribution is 2.39. The Balaban J connectivity index is 2.53. The fraction of sp³-hybridized carbons (Fsp3) is 1.00. The van der Waals surface area contributed by atoms with Gasteiger partial charge in [0.25, 0.3) is 0 Å². The highest BCUT2D eigenvalue weighted by atomic mass is 16.5. The summed E-state index contributed by atoms with van der Waals surface area (Å²) < 4.78 is 10.7. The maximum absolute atomic E-state index is 5.50. The van der Waals surface area contributed by atoms with Crippen LogP contribution in [0.25, 0.3) is 0 Å². The SMILES string of the molecule is CCNCC1(C(C)CCOC)CCOCC1. The number of methoxy groups -OCH3 is 1. The van der Waals surface area contributed by atoms with Crippen molar-refractivity contribution in [2.24, 2.45) is 11.3 Å². The highest BCUT2D eigenvalue weighted by molar-refractivity contribution is 4.88. The first-order valence-corrected chi connectivity index (χ1v) is 6.52. The minimum Gasteiger partial charge on any atom is -0.385 e. The van der Waals surface area contributed by atoms with E-state index in [0.29, 0.717) is 11.3 Å². The molecular weight excluding hydrogens is 202 g/mol. The zero-order valence-electron chi connectivity index (χ0n) is 11.1. The number of nitrogens with one attached hydrogen (secondary N) is 1. The van der Waals surface area contributed by atoms with Gasteiger partial charge >= 0.3 is 0 Å². The maximum Gasteiger partial charge on any atom is 0.0471 e. The van der Waals surface area contributed by atoms with Gasteiger partial charge in [0.2, 0.25) is 0 Å². The molecule has 3 heteroatoms. The van der Waals surface area contributed by atoms with Gasteiger partial charge in [-0.15, -0.1) is 0 Å². The molecule has 1 rings (SSSR count). The van der Waals surface area contributed by atoms with Crippen LogP contribution in [0.1, 0.15) is 33.1 Å². The highest BCUT2D eigenvalue weighted by Gasteiger charge is 2.36. The van der Waals surface area contributed by atoms with E-state index in [1.807, 2.05) is 0 Å². The maximum atomic E-state index is 5.50. The molecule has 0 amide bonds. The molecule has 0 aromatic heterocycles. The second kappa shape index (κ2) is 7.25. The monoisotopic (exact) mass is 229 g/mol. The van der Waals surface area contributed by atoms with E-state index in [9.17, 15) is 0 Å². The summed E-state index contributed by atoms with van der Waals surface area (Å²) in [5.41, 5.74) is 0.423. The van der Waals surface area contributed by atoms with Crippen molar-refractivity contribution in [1.29, 1.82) is 0 Å². The van der Waals surface area contributed by atoms with Gasteiger partial charge in [0, 0.05) is 33.5 Å². The van der Waals surface area contributed by atoms with Crippen LogP contribution in [-0.4, -0.2) is 40.0 Å².